The largest absolute Gasteiger partial charge is 0.497 e. The Hall–Kier alpha value is -3.88. The second-order valence-corrected chi connectivity index (χ2v) is 7.40. The lowest BCUT2D eigenvalue weighted by atomic mass is 10.1. The number of urea groups is 1. The molecule has 1 atom stereocenters. The first-order valence-corrected chi connectivity index (χ1v) is 9.90. The van der Waals surface area contributed by atoms with Gasteiger partial charge in [0.1, 0.15) is 11.8 Å². The molecular formula is C22H23N5O4. The Balaban J connectivity index is 1.33. The van der Waals surface area contributed by atoms with E-state index in [-0.39, 0.29) is 18.9 Å². The maximum atomic E-state index is 12.6. The molecule has 0 radical (unpaired) electrons. The number of aromatic nitrogens is 2. The topological polar surface area (TPSA) is 106 Å². The van der Waals surface area contributed by atoms with Crippen molar-refractivity contribution in [3.05, 3.63) is 54.4 Å². The number of carbonyl (C=O) groups excluding carboxylic acids is 3. The van der Waals surface area contributed by atoms with Crippen molar-refractivity contribution in [2.24, 2.45) is 7.05 Å². The Labute approximate surface area is 179 Å². The van der Waals surface area contributed by atoms with Gasteiger partial charge in [0.25, 0.3) is 5.91 Å². The Bertz CT molecular complexity index is 1140. The monoisotopic (exact) mass is 421 g/mol. The van der Waals surface area contributed by atoms with Crippen molar-refractivity contribution in [1.82, 2.24) is 19.8 Å². The van der Waals surface area contributed by atoms with Crippen molar-refractivity contribution >= 4 is 34.6 Å². The smallest absolute Gasteiger partial charge is 0.324 e. The van der Waals surface area contributed by atoms with Gasteiger partial charge in [0.05, 0.1) is 30.9 Å². The fraction of sp³-hybridized carbons (Fsp3) is 0.273. The SMILES string of the molecule is COc1ccc(CCN2C(=O)NC(CC(=O)Nc3ccc4c(c3)ncn4C)C2=O)cc1. The van der Waals surface area contributed by atoms with Gasteiger partial charge in [-0.25, -0.2) is 9.78 Å². The van der Waals surface area contributed by atoms with E-state index in [0.717, 1.165) is 27.2 Å². The number of imide groups is 1. The van der Waals surface area contributed by atoms with Crippen LogP contribution in [-0.4, -0.2) is 52.0 Å². The first-order chi connectivity index (χ1) is 14.9. The number of ether oxygens (including phenoxy) is 1. The van der Waals surface area contributed by atoms with E-state index in [2.05, 4.69) is 15.6 Å². The Morgan fingerprint density at radius 3 is 2.71 bits per heavy atom. The lowest BCUT2D eigenvalue weighted by Crippen LogP contribution is -2.34. The van der Waals surface area contributed by atoms with Crippen LogP contribution < -0.4 is 15.4 Å². The van der Waals surface area contributed by atoms with Crippen LogP contribution in [0.3, 0.4) is 0 Å². The van der Waals surface area contributed by atoms with Gasteiger partial charge in [0.15, 0.2) is 0 Å². The Kier molecular flexibility index (Phi) is 5.57. The summed E-state index contributed by atoms with van der Waals surface area (Å²) in [6.07, 6.45) is 2.08. The van der Waals surface area contributed by atoms with E-state index in [4.69, 9.17) is 4.74 Å². The number of fused-ring (bicyclic) bond motifs is 1. The number of methoxy groups -OCH3 is 1. The normalized spacial score (nSPS) is 15.9. The van der Waals surface area contributed by atoms with Gasteiger partial charge in [-0.05, 0) is 42.3 Å². The Morgan fingerprint density at radius 1 is 1.19 bits per heavy atom. The van der Waals surface area contributed by atoms with Crippen molar-refractivity contribution < 1.29 is 19.1 Å². The molecule has 1 saturated heterocycles. The number of benzene rings is 2. The van der Waals surface area contributed by atoms with Crippen molar-refractivity contribution in [3.63, 3.8) is 0 Å². The fourth-order valence-electron chi connectivity index (χ4n) is 3.57. The van der Waals surface area contributed by atoms with Gasteiger partial charge in [-0.2, -0.15) is 0 Å². The minimum absolute atomic E-state index is 0.135. The first-order valence-electron chi connectivity index (χ1n) is 9.90. The molecule has 2 heterocycles. The molecule has 9 heteroatoms. The van der Waals surface area contributed by atoms with Crippen LogP contribution in [0, 0.1) is 0 Å². The molecule has 1 fully saturated rings. The molecule has 2 N–H and O–H groups in total. The number of carbonyl (C=O) groups is 3. The van der Waals surface area contributed by atoms with Crippen LogP contribution in [0.15, 0.2) is 48.8 Å². The highest BCUT2D eigenvalue weighted by Crippen LogP contribution is 2.19. The van der Waals surface area contributed by atoms with Gasteiger partial charge in [-0.15, -0.1) is 0 Å². The maximum Gasteiger partial charge on any atom is 0.324 e. The second kappa shape index (κ2) is 8.47. The maximum absolute atomic E-state index is 12.6. The zero-order valence-electron chi connectivity index (χ0n) is 17.3. The van der Waals surface area contributed by atoms with Crippen LogP contribution in [0.2, 0.25) is 0 Å². The number of rotatable bonds is 7. The summed E-state index contributed by atoms with van der Waals surface area (Å²) < 4.78 is 7.01. The standard InChI is InChI=1S/C22H23N5O4/c1-26-13-23-17-11-15(5-8-19(17)26)24-20(28)12-18-21(29)27(22(30)25-18)10-9-14-3-6-16(31-2)7-4-14/h3-8,11,13,18H,9-10,12H2,1-2H3,(H,24,28)(H,25,30). The zero-order chi connectivity index (χ0) is 22.0. The molecule has 9 nitrogen and oxygen atoms in total. The highest BCUT2D eigenvalue weighted by molar-refractivity contribution is 6.07. The highest BCUT2D eigenvalue weighted by Gasteiger charge is 2.38. The van der Waals surface area contributed by atoms with E-state index >= 15 is 0 Å². The predicted octanol–water partition coefficient (Wildman–Crippen LogP) is 2.07. The minimum atomic E-state index is -0.873. The summed E-state index contributed by atoms with van der Waals surface area (Å²) in [6.45, 7) is 0.242. The van der Waals surface area contributed by atoms with Crippen LogP contribution in [0.5, 0.6) is 5.75 Å². The van der Waals surface area contributed by atoms with E-state index in [1.807, 2.05) is 41.9 Å². The van der Waals surface area contributed by atoms with Crippen molar-refractivity contribution in [2.45, 2.75) is 18.9 Å². The lowest BCUT2D eigenvalue weighted by molar-refractivity contribution is -0.129. The molecule has 4 rings (SSSR count). The summed E-state index contributed by atoms with van der Waals surface area (Å²) >= 11 is 0. The summed E-state index contributed by atoms with van der Waals surface area (Å²) in [5.41, 5.74) is 3.27. The molecule has 0 spiro atoms. The van der Waals surface area contributed by atoms with Gasteiger partial charge >= 0.3 is 6.03 Å². The predicted molar refractivity (Wildman–Crippen MR) is 115 cm³/mol. The van der Waals surface area contributed by atoms with Gasteiger partial charge < -0.3 is 19.9 Å². The van der Waals surface area contributed by atoms with Crippen LogP contribution >= 0.6 is 0 Å². The molecule has 1 aliphatic heterocycles. The minimum Gasteiger partial charge on any atom is -0.497 e. The molecule has 3 aromatic rings. The summed E-state index contributed by atoms with van der Waals surface area (Å²) in [4.78, 5) is 42.7. The van der Waals surface area contributed by atoms with Crippen molar-refractivity contribution in [3.8, 4) is 5.75 Å². The second-order valence-electron chi connectivity index (χ2n) is 7.40. The van der Waals surface area contributed by atoms with E-state index in [1.165, 1.54) is 0 Å². The van der Waals surface area contributed by atoms with Crippen LogP contribution in [0.25, 0.3) is 11.0 Å². The number of hydrogen-bond acceptors (Lipinski definition) is 5. The number of nitrogens with zero attached hydrogens (tertiary/aromatic N) is 3. The molecule has 1 unspecified atom stereocenters. The average molecular weight is 421 g/mol. The van der Waals surface area contributed by atoms with Crippen LogP contribution in [-0.2, 0) is 23.1 Å². The number of aryl methyl sites for hydroxylation is 1. The van der Waals surface area contributed by atoms with Gasteiger partial charge in [-0.3, -0.25) is 14.5 Å². The number of amides is 4. The number of imidazole rings is 1. The summed E-state index contributed by atoms with van der Waals surface area (Å²) in [7, 11) is 3.48. The molecule has 0 aliphatic carbocycles. The number of hydrogen-bond donors (Lipinski definition) is 2. The summed E-state index contributed by atoms with van der Waals surface area (Å²) in [5, 5.41) is 5.37. The number of nitrogens with one attached hydrogen (secondary N) is 2. The third-order valence-corrected chi connectivity index (χ3v) is 5.29. The highest BCUT2D eigenvalue weighted by atomic mass is 16.5. The zero-order valence-corrected chi connectivity index (χ0v) is 17.3. The molecule has 2 aromatic carbocycles. The third-order valence-electron chi connectivity index (χ3n) is 5.29. The van der Waals surface area contributed by atoms with E-state index in [9.17, 15) is 14.4 Å². The Morgan fingerprint density at radius 2 is 1.97 bits per heavy atom. The van der Waals surface area contributed by atoms with E-state index < -0.39 is 18.0 Å². The summed E-state index contributed by atoms with van der Waals surface area (Å²) in [5.74, 6) is -0.00760. The van der Waals surface area contributed by atoms with E-state index in [0.29, 0.717) is 12.1 Å². The molecule has 0 saturated carbocycles. The molecule has 1 aliphatic rings. The average Bonchev–Trinajstić information content (AvgIpc) is 3.25. The third kappa shape index (κ3) is 4.35. The first kappa shape index (κ1) is 20.4. The summed E-state index contributed by atoms with van der Waals surface area (Å²) in [6, 6.07) is 11.5. The van der Waals surface area contributed by atoms with Crippen molar-refractivity contribution in [2.75, 3.05) is 19.0 Å². The van der Waals surface area contributed by atoms with Crippen LogP contribution in [0.4, 0.5) is 10.5 Å². The molecule has 4 amide bonds. The van der Waals surface area contributed by atoms with Crippen molar-refractivity contribution in [1.29, 1.82) is 0 Å². The van der Waals surface area contributed by atoms with Crippen LogP contribution in [0.1, 0.15) is 12.0 Å². The molecule has 0 bridgehead atoms. The molecular weight excluding hydrogens is 398 g/mol. The molecule has 31 heavy (non-hydrogen) atoms. The quantitative estimate of drug-likeness (QED) is 0.568. The molecule has 160 valence electrons. The van der Waals surface area contributed by atoms with Gasteiger partial charge in [0, 0.05) is 19.3 Å². The van der Waals surface area contributed by atoms with Gasteiger partial charge in [0.2, 0.25) is 5.91 Å². The lowest BCUT2D eigenvalue weighted by Gasteiger charge is -2.13. The fourth-order valence-corrected chi connectivity index (χ4v) is 3.57. The van der Waals surface area contributed by atoms with Gasteiger partial charge in [-0.1, -0.05) is 12.1 Å². The van der Waals surface area contributed by atoms with E-state index in [1.54, 1.807) is 25.6 Å². The number of anilines is 1. The molecule has 1 aromatic heterocycles.